The van der Waals surface area contributed by atoms with Gasteiger partial charge in [-0.25, -0.2) is 4.98 Å². The van der Waals surface area contributed by atoms with Gasteiger partial charge in [-0.1, -0.05) is 6.07 Å². The molecule has 2 heterocycles. The van der Waals surface area contributed by atoms with Crippen LogP contribution in [0.3, 0.4) is 0 Å². The predicted molar refractivity (Wildman–Crippen MR) is 95.3 cm³/mol. The van der Waals surface area contributed by atoms with Crippen LogP contribution in [0.4, 0.5) is 5.69 Å². The number of hydrogen-bond donors (Lipinski definition) is 1. The molecule has 1 amide bonds. The minimum atomic E-state index is -0.1000. The van der Waals surface area contributed by atoms with Crippen molar-refractivity contribution < 1.29 is 9.53 Å². The van der Waals surface area contributed by atoms with E-state index in [9.17, 15) is 4.79 Å². The highest BCUT2D eigenvalue weighted by Crippen LogP contribution is 2.22. The molecule has 122 valence electrons. The van der Waals surface area contributed by atoms with Crippen molar-refractivity contribution in [3.05, 3.63) is 59.7 Å². The third-order valence-corrected chi connectivity index (χ3v) is 4.14. The molecule has 24 heavy (non-hydrogen) atoms. The molecular formula is C18H17N3O2S. The van der Waals surface area contributed by atoms with Crippen molar-refractivity contribution in [2.24, 2.45) is 0 Å². The summed E-state index contributed by atoms with van der Waals surface area (Å²) in [6.45, 7) is 2.55. The largest absolute Gasteiger partial charge is 0.494 e. The van der Waals surface area contributed by atoms with E-state index in [1.165, 1.54) is 11.3 Å². The SMILES string of the molecule is CCOc1ccc(NC(=O)Cc2csc(-c3ccccn3)n2)cc1. The lowest BCUT2D eigenvalue weighted by Gasteiger charge is -2.06. The van der Waals surface area contributed by atoms with Crippen LogP contribution in [0.2, 0.25) is 0 Å². The number of amides is 1. The summed E-state index contributed by atoms with van der Waals surface area (Å²) in [6, 6.07) is 13.0. The summed E-state index contributed by atoms with van der Waals surface area (Å²) in [5.74, 6) is 0.687. The molecule has 1 aromatic carbocycles. The third-order valence-electron chi connectivity index (χ3n) is 3.23. The highest BCUT2D eigenvalue weighted by molar-refractivity contribution is 7.13. The van der Waals surface area contributed by atoms with Crippen molar-refractivity contribution in [1.29, 1.82) is 0 Å². The van der Waals surface area contributed by atoms with Gasteiger partial charge in [-0.2, -0.15) is 0 Å². The van der Waals surface area contributed by atoms with Crippen molar-refractivity contribution in [3.63, 3.8) is 0 Å². The number of thiazole rings is 1. The van der Waals surface area contributed by atoms with Crippen LogP contribution in [-0.2, 0) is 11.2 Å². The van der Waals surface area contributed by atoms with Crippen LogP contribution in [0, 0.1) is 0 Å². The van der Waals surface area contributed by atoms with Gasteiger partial charge in [0.1, 0.15) is 10.8 Å². The molecule has 0 spiro atoms. The lowest BCUT2D eigenvalue weighted by Crippen LogP contribution is -2.14. The molecule has 0 saturated heterocycles. The van der Waals surface area contributed by atoms with Gasteiger partial charge >= 0.3 is 0 Å². The summed E-state index contributed by atoms with van der Waals surface area (Å²) >= 11 is 1.49. The van der Waals surface area contributed by atoms with E-state index in [-0.39, 0.29) is 12.3 Å². The van der Waals surface area contributed by atoms with Crippen LogP contribution in [0.5, 0.6) is 5.75 Å². The van der Waals surface area contributed by atoms with Gasteiger partial charge in [0, 0.05) is 17.3 Å². The second-order valence-corrected chi connectivity index (χ2v) is 5.90. The third kappa shape index (κ3) is 4.17. The van der Waals surface area contributed by atoms with Crippen molar-refractivity contribution in [2.75, 3.05) is 11.9 Å². The Balaban J connectivity index is 1.60. The number of nitrogens with zero attached hydrogens (tertiary/aromatic N) is 2. The molecule has 0 bridgehead atoms. The summed E-state index contributed by atoms with van der Waals surface area (Å²) in [5.41, 5.74) is 2.30. The summed E-state index contributed by atoms with van der Waals surface area (Å²) < 4.78 is 5.38. The van der Waals surface area contributed by atoms with Gasteiger partial charge in [-0.3, -0.25) is 9.78 Å². The van der Waals surface area contributed by atoms with E-state index in [2.05, 4.69) is 15.3 Å². The highest BCUT2D eigenvalue weighted by atomic mass is 32.1. The van der Waals surface area contributed by atoms with Crippen LogP contribution in [0.15, 0.2) is 54.0 Å². The first kappa shape index (κ1) is 16.1. The molecule has 3 aromatic rings. The second kappa shape index (κ2) is 7.70. The number of benzene rings is 1. The normalized spacial score (nSPS) is 10.4. The lowest BCUT2D eigenvalue weighted by molar-refractivity contribution is -0.115. The highest BCUT2D eigenvalue weighted by Gasteiger charge is 2.10. The Morgan fingerprint density at radius 1 is 1.21 bits per heavy atom. The fourth-order valence-corrected chi connectivity index (χ4v) is 2.96. The molecule has 3 rings (SSSR count). The smallest absolute Gasteiger partial charge is 0.230 e. The molecule has 0 radical (unpaired) electrons. The standard InChI is InChI=1S/C18H17N3O2S/c1-2-23-15-8-6-13(7-9-15)20-17(22)11-14-12-24-18(21-14)16-5-3-4-10-19-16/h3-10,12H,2,11H2,1H3,(H,20,22). The number of pyridine rings is 1. The first-order chi connectivity index (χ1) is 11.7. The van der Waals surface area contributed by atoms with E-state index < -0.39 is 0 Å². The van der Waals surface area contributed by atoms with Gasteiger partial charge in [-0.15, -0.1) is 11.3 Å². The van der Waals surface area contributed by atoms with Crippen LogP contribution < -0.4 is 10.1 Å². The molecule has 6 heteroatoms. The monoisotopic (exact) mass is 339 g/mol. The molecule has 0 atom stereocenters. The Morgan fingerprint density at radius 3 is 2.75 bits per heavy atom. The molecule has 0 fully saturated rings. The van der Waals surface area contributed by atoms with E-state index >= 15 is 0 Å². The molecule has 0 saturated carbocycles. The Bertz CT molecular complexity index is 801. The summed E-state index contributed by atoms with van der Waals surface area (Å²) in [6.07, 6.45) is 1.96. The molecular weight excluding hydrogens is 322 g/mol. The minimum absolute atomic E-state index is 0.1000. The Morgan fingerprint density at radius 2 is 2.04 bits per heavy atom. The number of ether oxygens (including phenoxy) is 1. The number of rotatable bonds is 6. The molecule has 0 aliphatic carbocycles. The maximum atomic E-state index is 12.1. The van der Waals surface area contributed by atoms with Gasteiger partial charge in [-0.05, 0) is 43.3 Å². The van der Waals surface area contributed by atoms with E-state index in [0.717, 1.165) is 27.8 Å². The van der Waals surface area contributed by atoms with E-state index in [1.54, 1.807) is 6.20 Å². The first-order valence-corrected chi connectivity index (χ1v) is 8.51. The van der Waals surface area contributed by atoms with Crippen molar-refractivity contribution in [1.82, 2.24) is 9.97 Å². The van der Waals surface area contributed by atoms with Gasteiger partial charge in [0.15, 0.2) is 0 Å². The average molecular weight is 339 g/mol. The summed E-state index contributed by atoms with van der Waals surface area (Å²) in [7, 11) is 0. The van der Waals surface area contributed by atoms with Gasteiger partial charge in [0.05, 0.1) is 24.4 Å². The van der Waals surface area contributed by atoms with Crippen molar-refractivity contribution in [2.45, 2.75) is 13.3 Å². The van der Waals surface area contributed by atoms with Gasteiger partial charge in [0.2, 0.25) is 5.91 Å². The average Bonchev–Trinajstić information content (AvgIpc) is 3.06. The summed E-state index contributed by atoms with van der Waals surface area (Å²) in [5, 5.41) is 5.57. The quantitative estimate of drug-likeness (QED) is 0.742. The number of carbonyl (C=O) groups is 1. The number of anilines is 1. The Kier molecular flexibility index (Phi) is 5.18. The topological polar surface area (TPSA) is 64.1 Å². The number of aromatic nitrogens is 2. The lowest BCUT2D eigenvalue weighted by atomic mass is 10.2. The van der Waals surface area contributed by atoms with Crippen LogP contribution in [-0.4, -0.2) is 22.5 Å². The molecule has 2 aromatic heterocycles. The van der Waals surface area contributed by atoms with Crippen molar-refractivity contribution >= 4 is 22.9 Å². The first-order valence-electron chi connectivity index (χ1n) is 7.63. The maximum Gasteiger partial charge on any atom is 0.230 e. The van der Waals surface area contributed by atoms with Crippen LogP contribution in [0.1, 0.15) is 12.6 Å². The molecule has 0 aliphatic heterocycles. The van der Waals surface area contributed by atoms with Crippen LogP contribution >= 0.6 is 11.3 Å². The fourth-order valence-electron chi connectivity index (χ4n) is 2.17. The number of hydrogen-bond acceptors (Lipinski definition) is 5. The molecule has 0 aliphatic rings. The Labute approximate surface area is 144 Å². The molecule has 5 nitrogen and oxygen atoms in total. The predicted octanol–water partition coefficient (Wildman–Crippen LogP) is 3.79. The zero-order chi connectivity index (χ0) is 16.8. The van der Waals surface area contributed by atoms with Crippen molar-refractivity contribution in [3.8, 4) is 16.5 Å². The molecule has 1 N–H and O–H groups in total. The van der Waals surface area contributed by atoms with Gasteiger partial charge < -0.3 is 10.1 Å². The van der Waals surface area contributed by atoms with Gasteiger partial charge in [0.25, 0.3) is 0 Å². The Hall–Kier alpha value is -2.73. The van der Waals surface area contributed by atoms with E-state index in [4.69, 9.17) is 4.74 Å². The van der Waals surface area contributed by atoms with E-state index in [0.29, 0.717) is 6.61 Å². The zero-order valence-electron chi connectivity index (χ0n) is 13.2. The minimum Gasteiger partial charge on any atom is -0.494 e. The zero-order valence-corrected chi connectivity index (χ0v) is 14.0. The summed E-state index contributed by atoms with van der Waals surface area (Å²) in [4.78, 5) is 20.9. The second-order valence-electron chi connectivity index (χ2n) is 5.04. The number of carbonyl (C=O) groups excluding carboxylic acids is 1. The molecule has 0 unspecified atom stereocenters. The van der Waals surface area contributed by atoms with E-state index in [1.807, 2.05) is 54.8 Å². The van der Waals surface area contributed by atoms with Crippen LogP contribution in [0.25, 0.3) is 10.7 Å². The fraction of sp³-hybridized carbons (Fsp3) is 0.167. The maximum absolute atomic E-state index is 12.1. The number of nitrogens with one attached hydrogen (secondary N) is 1.